The van der Waals surface area contributed by atoms with Crippen molar-refractivity contribution in [2.75, 3.05) is 26.0 Å². The van der Waals surface area contributed by atoms with E-state index >= 15 is 8.78 Å². The molecule has 0 aliphatic rings. The Hall–Kier alpha value is -5.29. The lowest BCUT2D eigenvalue weighted by atomic mass is 9.96. The average Bonchev–Trinajstić information content (AvgIpc) is 3.68. The van der Waals surface area contributed by atoms with E-state index in [4.69, 9.17) is 14.0 Å². The molecule has 0 aliphatic heterocycles. The van der Waals surface area contributed by atoms with Gasteiger partial charge in [-0.05, 0) is 54.6 Å². The van der Waals surface area contributed by atoms with Crippen LogP contribution in [0.2, 0.25) is 0 Å². The molecule has 6 aromatic rings. The van der Waals surface area contributed by atoms with Crippen molar-refractivity contribution in [3.05, 3.63) is 95.8 Å². The van der Waals surface area contributed by atoms with Crippen molar-refractivity contribution >= 4 is 57.7 Å². The summed E-state index contributed by atoms with van der Waals surface area (Å²) in [7, 11) is 5.09. The maximum Gasteiger partial charge on any atom is 0.255 e. The van der Waals surface area contributed by atoms with E-state index in [1.165, 1.54) is 54.8 Å². The molecule has 0 atom stereocenters. The van der Waals surface area contributed by atoms with Gasteiger partial charge in [-0.15, -0.1) is 11.3 Å². The molecule has 2 heterocycles. The fourth-order valence-electron chi connectivity index (χ4n) is 4.81. The van der Waals surface area contributed by atoms with Gasteiger partial charge in [-0.3, -0.25) is 4.79 Å². The van der Waals surface area contributed by atoms with Gasteiger partial charge in [0.25, 0.3) is 5.91 Å². The number of rotatable bonds is 5. The van der Waals surface area contributed by atoms with E-state index in [1.54, 1.807) is 37.2 Å². The lowest BCUT2D eigenvalue weighted by Crippen LogP contribution is -2.18. The second-order valence-corrected chi connectivity index (χ2v) is 10.5. The van der Waals surface area contributed by atoms with E-state index < -0.39 is 23.4 Å². The Labute approximate surface area is 268 Å². The van der Waals surface area contributed by atoms with E-state index in [0.29, 0.717) is 33.3 Å². The molecule has 11 heteroatoms. The first-order valence-electron chi connectivity index (χ1n) is 13.9. The van der Waals surface area contributed by atoms with Crippen LogP contribution in [0.15, 0.2) is 77.2 Å². The number of benzene rings is 4. The number of thiazole rings is 1. The highest BCUT2D eigenvalue weighted by Gasteiger charge is 2.26. The first kappa shape index (κ1) is 35.2. The molecule has 0 aliphatic carbocycles. The van der Waals surface area contributed by atoms with Crippen molar-refractivity contribution in [2.24, 2.45) is 0 Å². The second kappa shape index (κ2) is 15.6. The highest BCUT2D eigenvalue weighted by Crippen LogP contribution is 2.43. The fourth-order valence-corrected chi connectivity index (χ4v) is 5.81. The van der Waals surface area contributed by atoms with Crippen LogP contribution in [0.4, 0.5) is 18.9 Å². The minimum Gasteiger partial charge on any atom is -0.455 e. The summed E-state index contributed by atoms with van der Waals surface area (Å²) in [5, 5.41) is 3.30. The van der Waals surface area contributed by atoms with Crippen LogP contribution in [-0.2, 0) is 9.59 Å². The number of hydrogen-bond donors (Lipinski definition) is 1. The number of nitrogens with zero attached hydrogens (tertiary/aromatic N) is 2. The number of furan rings is 1. The number of hydrogen-bond acceptors (Lipinski definition) is 7. The van der Waals surface area contributed by atoms with E-state index in [2.05, 4.69) is 10.3 Å². The van der Waals surface area contributed by atoms with Gasteiger partial charge >= 0.3 is 0 Å². The van der Waals surface area contributed by atoms with Crippen LogP contribution in [0.5, 0.6) is 0 Å². The summed E-state index contributed by atoms with van der Waals surface area (Å²) >= 11 is 1.21. The lowest BCUT2D eigenvalue weighted by molar-refractivity contribution is -0.0987. The normalized spacial score (nSPS) is 10.2. The molecule has 2 aromatic heterocycles. The van der Waals surface area contributed by atoms with Crippen LogP contribution in [0.25, 0.3) is 54.2 Å². The maximum atomic E-state index is 16.3. The fraction of sp³-hybridized carbons (Fsp3) is 0.143. The van der Waals surface area contributed by atoms with Crippen molar-refractivity contribution in [2.45, 2.75) is 13.8 Å². The maximum absolute atomic E-state index is 16.3. The lowest BCUT2D eigenvalue weighted by Gasteiger charge is -2.19. The zero-order valence-electron chi connectivity index (χ0n) is 25.9. The van der Waals surface area contributed by atoms with Crippen LogP contribution in [0.3, 0.4) is 0 Å². The number of halogens is 3. The molecular formula is C35H32F3N3O4S. The van der Waals surface area contributed by atoms with Crippen molar-refractivity contribution in [1.29, 1.82) is 0 Å². The van der Waals surface area contributed by atoms with Crippen molar-refractivity contribution in [3.63, 3.8) is 0 Å². The highest BCUT2D eigenvalue weighted by molar-refractivity contribution is 7.21. The first-order chi connectivity index (χ1) is 22.3. The minimum atomic E-state index is -0.759. The Morgan fingerprint density at radius 2 is 1.54 bits per heavy atom. The predicted octanol–water partition coefficient (Wildman–Crippen LogP) is 8.54. The molecule has 0 unspecified atom stereocenters. The SMILES string of the molecule is C=O.C=O.CC.CNC(=O)c1c(-c2ccc(F)cc2)oc2cc(N(C)C)c(-c3ccc(F)c(-c4nc5ccccc5s4)c3F)cc12. The molecule has 238 valence electrons. The number of anilines is 1. The van der Waals surface area contributed by atoms with Crippen LogP contribution < -0.4 is 10.2 Å². The van der Waals surface area contributed by atoms with Gasteiger partial charge in [0.05, 0.1) is 21.3 Å². The Morgan fingerprint density at radius 3 is 2.15 bits per heavy atom. The molecule has 1 N–H and O–H groups in total. The van der Waals surface area contributed by atoms with Gasteiger partial charge in [0, 0.05) is 55.0 Å². The molecule has 0 saturated heterocycles. The highest BCUT2D eigenvalue weighted by atomic mass is 32.1. The van der Waals surface area contributed by atoms with Crippen molar-refractivity contribution < 1.29 is 32.0 Å². The monoisotopic (exact) mass is 647 g/mol. The predicted molar refractivity (Wildman–Crippen MR) is 179 cm³/mol. The quantitative estimate of drug-likeness (QED) is 0.202. The Kier molecular flexibility index (Phi) is 12.0. The Balaban J connectivity index is 0.000000908. The molecule has 7 nitrogen and oxygen atoms in total. The first-order valence-corrected chi connectivity index (χ1v) is 14.8. The van der Waals surface area contributed by atoms with E-state index in [-0.39, 0.29) is 27.5 Å². The molecule has 0 fully saturated rings. The Bertz CT molecular complexity index is 1940. The third kappa shape index (κ3) is 6.69. The number of fused-ring (bicyclic) bond motifs is 2. The van der Waals surface area contributed by atoms with Gasteiger partial charge in [-0.1, -0.05) is 26.0 Å². The third-order valence-electron chi connectivity index (χ3n) is 6.74. The van der Waals surface area contributed by atoms with Gasteiger partial charge in [-0.25, -0.2) is 18.2 Å². The molecule has 0 bridgehead atoms. The molecule has 0 saturated carbocycles. The second-order valence-electron chi connectivity index (χ2n) is 9.42. The van der Waals surface area contributed by atoms with Gasteiger partial charge in [0.15, 0.2) is 0 Å². The van der Waals surface area contributed by atoms with Crippen LogP contribution in [0.1, 0.15) is 24.2 Å². The zero-order chi connectivity index (χ0) is 34.1. The van der Waals surface area contributed by atoms with Crippen LogP contribution in [0, 0.1) is 17.5 Å². The smallest absolute Gasteiger partial charge is 0.255 e. The molecular weight excluding hydrogens is 615 g/mol. The molecule has 6 rings (SSSR count). The van der Waals surface area contributed by atoms with Crippen molar-refractivity contribution in [3.8, 4) is 33.0 Å². The van der Waals surface area contributed by atoms with E-state index in [9.17, 15) is 9.18 Å². The van der Waals surface area contributed by atoms with Gasteiger partial charge in [-0.2, -0.15) is 0 Å². The number of carbonyl (C=O) groups is 3. The number of para-hydroxylation sites is 1. The summed E-state index contributed by atoms with van der Waals surface area (Å²) in [6.45, 7) is 8.00. The van der Waals surface area contributed by atoms with Crippen LogP contribution >= 0.6 is 11.3 Å². The van der Waals surface area contributed by atoms with E-state index in [1.807, 2.05) is 45.6 Å². The third-order valence-corrected chi connectivity index (χ3v) is 7.79. The minimum absolute atomic E-state index is 0.147. The zero-order valence-corrected chi connectivity index (χ0v) is 26.7. The number of aromatic nitrogens is 1. The molecule has 0 radical (unpaired) electrons. The van der Waals surface area contributed by atoms with Crippen LogP contribution in [-0.4, -0.2) is 45.6 Å². The topological polar surface area (TPSA) is 92.5 Å². The largest absolute Gasteiger partial charge is 0.455 e. The van der Waals surface area contributed by atoms with Gasteiger partial charge in [0.2, 0.25) is 0 Å². The number of amides is 1. The van der Waals surface area contributed by atoms with E-state index in [0.717, 1.165) is 4.70 Å². The average molecular weight is 648 g/mol. The number of carbonyl (C=O) groups excluding carboxylic acids is 3. The molecule has 1 amide bonds. The summed E-state index contributed by atoms with van der Waals surface area (Å²) in [6.07, 6.45) is 0. The van der Waals surface area contributed by atoms with Crippen molar-refractivity contribution in [1.82, 2.24) is 10.3 Å². The Morgan fingerprint density at radius 1 is 0.891 bits per heavy atom. The number of nitrogens with one attached hydrogen (secondary N) is 1. The molecule has 0 spiro atoms. The summed E-state index contributed by atoms with van der Waals surface area (Å²) in [5.74, 6) is -2.07. The standard InChI is InChI=1S/C31H22F3N3O2S.C2H6.2CH2O/c1-35-30(38)26-20-14-19(23(37(2)3)15-24(20)39-29(26)16-8-10-17(32)11-9-16)18-12-13-21(33)27(28(18)34)31-36-22-6-4-5-7-25(22)40-31;3*1-2/h4-15H,1-3H3,(H,35,38);1-2H3;2*1H2. The summed E-state index contributed by atoms with van der Waals surface area (Å²) in [5.41, 5.74) is 2.75. The summed E-state index contributed by atoms with van der Waals surface area (Å²) in [6, 6.07) is 18.9. The summed E-state index contributed by atoms with van der Waals surface area (Å²) in [4.78, 5) is 35.3. The molecule has 4 aromatic carbocycles. The van der Waals surface area contributed by atoms with Gasteiger partial charge in [0.1, 0.15) is 47.4 Å². The molecule has 46 heavy (non-hydrogen) atoms. The van der Waals surface area contributed by atoms with Gasteiger partial charge < -0.3 is 24.2 Å². The summed E-state index contributed by atoms with van der Waals surface area (Å²) < 4.78 is 52.0.